The van der Waals surface area contributed by atoms with Gasteiger partial charge in [-0.25, -0.2) is 0 Å². The van der Waals surface area contributed by atoms with Gasteiger partial charge in [-0.15, -0.1) is 0 Å². The topological polar surface area (TPSA) is 50.4 Å². The fourth-order valence-corrected chi connectivity index (χ4v) is 1.74. The Morgan fingerprint density at radius 1 is 1.43 bits per heavy atom. The molecule has 3 nitrogen and oxygen atoms in total. The van der Waals surface area contributed by atoms with Crippen molar-refractivity contribution in [2.24, 2.45) is 0 Å². The van der Waals surface area contributed by atoms with Crippen LogP contribution in [0, 0.1) is 3.57 Å². The van der Waals surface area contributed by atoms with E-state index in [2.05, 4.69) is 22.6 Å². The van der Waals surface area contributed by atoms with E-state index in [-0.39, 0.29) is 12.0 Å². The fourth-order valence-electron chi connectivity index (χ4n) is 1.25. The van der Waals surface area contributed by atoms with Crippen LogP contribution in [0.5, 0.6) is 0 Å². The van der Waals surface area contributed by atoms with Gasteiger partial charge in [0.25, 0.3) is 0 Å². The summed E-state index contributed by atoms with van der Waals surface area (Å²) in [4.78, 5) is 11.7. The van der Waals surface area contributed by atoms with Crippen LogP contribution in [0.15, 0.2) is 33.7 Å². The van der Waals surface area contributed by atoms with E-state index < -0.39 is 0 Å². The lowest BCUT2D eigenvalue weighted by Crippen LogP contribution is -2.08. The number of aliphatic hydroxyl groups is 1. The lowest BCUT2D eigenvalue weighted by Gasteiger charge is -1.99. The third-order valence-electron chi connectivity index (χ3n) is 1.98. The molecule has 0 fully saturated rings. The Kier molecular flexibility index (Phi) is 2.56. The fraction of sp³-hybridized carbons (Fsp3) is 0.100. The van der Waals surface area contributed by atoms with Crippen molar-refractivity contribution in [2.75, 3.05) is 0 Å². The van der Waals surface area contributed by atoms with Crippen molar-refractivity contribution in [3.8, 4) is 0 Å². The minimum absolute atomic E-state index is 0.160. The van der Waals surface area contributed by atoms with Gasteiger partial charge < -0.3 is 9.52 Å². The van der Waals surface area contributed by atoms with Crippen molar-refractivity contribution in [3.05, 3.63) is 43.8 Å². The molecule has 1 heterocycles. The normalized spacial score (nSPS) is 10.7. The van der Waals surface area contributed by atoms with Gasteiger partial charge in [0, 0.05) is 3.57 Å². The average molecular weight is 302 g/mol. The number of aliphatic hydroxyl groups excluding tert-OH is 1. The molecule has 0 spiro atoms. The third kappa shape index (κ3) is 1.55. The van der Waals surface area contributed by atoms with E-state index in [1.54, 1.807) is 12.1 Å². The van der Waals surface area contributed by atoms with Crippen molar-refractivity contribution >= 4 is 33.6 Å². The summed E-state index contributed by atoms with van der Waals surface area (Å²) < 4.78 is 6.18. The molecule has 0 unspecified atom stereocenters. The molecule has 14 heavy (non-hydrogen) atoms. The molecule has 2 aromatic rings. The molecule has 0 saturated heterocycles. The lowest BCUT2D eigenvalue weighted by atomic mass is 10.2. The lowest BCUT2D eigenvalue weighted by molar-refractivity contribution is 0.277. The van der Waals surface area contributed by atoms with Crippen LogP contribution in [0.2, 0.25) is 0 Å². The van der Waals surface area contributed by atoms with Crippen LogP contribution in [0.3, 0.4) is 0 Å². The van der Waals surface area contributed by atoms with E-state index in [9.17, 15) is 4.79 Å². The maximum atomic E-state index is 11.7. The molecule has 0 amide bonds. The van der Waals surface area contributed by atoms with Crippen LogP contribution >= 0.6 is 22.6 Å². The maximum absolute atomic E-state index is 11.7. The van der Waals surface area contributed by atoms with E-state index in [0.29, 0.717) is 16.5 Å². The van der Waals surface area contributed by atoms with E-state index >= 15 is 0 Å². The Morgan fingerprint density at radius 2 is 2.21 bits per heavy atom. The van der Waals surface area contributed by atoms with Gasteiger partial charge in [-0.05, 0) is 40.8 Å². The molecule has 72 valence electrons. The number of halogens is 1. The van der Waals surface area contributed by atoms with Crippen molar-refractivity contribution in [1.29, 1.82) is 0 Å². The molecule has 0 saturated carbocycles. The number of rotatable bonds is 1. The number of hydrogen-bond acceptors (Lipinski definition) is 3. The SMILES string of the molecule is O=c1c(CO)coc2ccc(I)cc12. The van der Waals surface area contributed by atoms with Crippen molar-refractivity contribution in [3.63, 3.8) is 0 Å². The number of fused-ring (bicyclic) bond motifs is 1. The second kappa shape index (κ2) is 3.70. The van der Waals surface area contributed by atoms with E-state index in [4.69, 9.17) is 9.52 Å². The first-order valence-electron chi connectivity index (χ1n) is 4.03. The first kappa shape index (κ1) is 9.67. The highest BCUT2D eigenvalue weighted by Crippen LogP contribution is 2.14. The van der Waals surface area contributed by atoms with Crippen LogP contribution in [0.25, 0.3) is 11.0 Å². The molecule has 2 rings (SSSR count). The Labute approximate surface area is 93.5 Å². The molecule has 4 heteroatoms. The van der Waals surface area contributed by atoms with E-state index in [1.807, 2.05) is 6.07 Å². The van der Waals surface area contributed by atoms with Crippen LogP contribution in [-0.4, -0.2) is 5.11 Å². The van der Waals surface area contributed by atoms with Gasteiger partial charge in [-0.3, -0.25) is 4.79 Å². The van der Waals surface area contributed by atoms with Gasteiger partial charge >= 0.3 is 0 Å². The van der Waals surface area contributed by atoms with Crippen molar-refractivity contribution < 1.29 is 9.52 Å². The number of hydrogen-bond donors (Lipinski definition) is 1. The van der Waals surface area contributed by atoms with Crippen molar-refractivity contribution in [1.82, 2.24) is 0 Å². The summed E-state index contributed by atoms with van der Waals surface area (Å²) in [6.07, 6.45) is 1.30. The van der Waals surface area contributed by atoms with Gasteiger partial charge in [0.05, 0.1) is 17.6 Å². The summed E-state index contributed by atoms with van der Waals surface area (Å²) in [5, 5.41) is 9.40. The zero-order chi connectivity index (χ0) is 10.1. The van der Waals surface area contributed by atoms with Gasteiger partial charge in [-0.1, -0.05) is 0 Å². The smallest absolute Gasteiger partial charge is 0.198 e. The predicted molar refractivity (Wildman–Crippen MR) is 61.1 cm³/mol. The molecular formula is C10H7IO3. The molecular weight excluding hydrogens is 295 g/mol. The monoisotopic (exact) mass is 302 g/mol. The van der Waals surface area contributed by atoms with Gasteiger partial charge in [0.2, 0.25) is 0 Å². The predicted octanol–water partition coefficient (Wildman–Crippen LogP) is 1.89. The van der Waals surface area contributed by atoms with E-state index in [0.717, 1.165) is 3.57 Å². The first-order valence-corrected chi connectivity index (χ1v) is 5.11. The third-order valence-corrected chi connectivity index (χ3v) is 2.65. The van der Waals surface area contributed by atoms with E-state index in [1.165, 1.54) is 6.26 Å². The zero-order valence-corrected chi connectivity index (χ0v) is 9.32. The maximum Gasteiger partial charge on any atom is 0.198 e. The Hall–Kier alpha value is -0.880. The minimum atomic E-state index is -0.288. The summed E-state index contributed by atoms with van der Waals surface area (Å²) in [6, 6.07) is 5.37. The van der Waals surface area contributed by atoms with Crippen LogP contribution in [0.1, 0.15) is 5.56 Å². The molecule has 1 aromatic carbocycles. The molecule has 0 atom stereocenters. The average Bonchev–Trinajstić information content (AvgIpc) is 2.20. The summed E-state index contributed by atoms with van der Waals surface area (Å²) in [7, 11) is 0. The van der Waals surface area contributed by atoms with Crippen LogP contribution in [-0.2, 0) is 6.61 Å². The highest BCUT2D eigenvalue weighted by atomic mass is 127. The standard InChI is InChI=1S/C10H7IO3/c11-7-1-2-9-8(3-7)10(13)6(4-12)5-14-9/h1-3,5,12H,4H2. The van der Waals surface area contributed by atoms with Crippen LogP contribution in [0.4, 0.5) is 0 Å². The molecule has 0 radical (unpaired) electrons. The quantitative estimate of drug-likeness (QED) is 0.819. The van der Waals surface area contributed by atoms with Gasteiger partial charge in [-0.2, -0.15) is 0 Å². The Balaban J connectivity index is 2.87. The van der Waals surface area contributed by atoms with Crippen molar-refractivity contribution in [2.45, 2.75) is 6.61 Å². The first-order chi connectivity index (χ1) is 6.72. The Bertz CT molecular complexity index is 530. The molecule has 0 aliphatic rings. The highest BCUT2D eigenvalue weighted by molar-refractivity contribution is 14.1. The molecule has 0 aliphatic carbocycles. The van der Waals surface area contributed by atoms with Crippen LogP contribution < -0.4 is 5.43 Å². The minimum Gasteiger partial charge on any atom is -0.464 e. The summed E-state index contributed by atoms with van der Waals surface area (Å²) in [5.74, 6) is 0. The largest absolute Gasteiger partial charge is 0.464 e. The Morgan fingerprint density at radius 3 is 2.93 bits per heavy atom. The number of benzene rings is 1. The molecule has 0 aliphatic heterocycles. The molecule has 1 aromatic heterocycles. The van der Waals surface area contributed by atoms with Gasteiger partial charge in [0.1, 0.15) is 11.8 Å². The summed E-state index contributed by atoms with van der Waals surface area (Å²) in [6.45, 7) is -0.288. The zero-order valence-electron chi connectivity index (χ0n) is 7.16. The summed E-state index contributed by atoms with van der Waals surface area (Å²) in [5.41, 5.74) is 0.680. The molecule has 1 N–H and O–H groups in total. The second-order valence-electron chi connectivity index (χ2n) is 2.89. The second-order valence-corrected chi connectivity index (χ2v) is 4.13. The molecule has 0 bridgehead atoms. The summed E-state index contributed by atoms with van der Waals surface area (Å²) >= 11 is 2.13. The highest BCUT2D eigenvalue weighted by Gasteiger charge is 2.05. The van der Waals surface area contributed by atoms with Gasteiger partial charge in [0.15, 0.2) is 5.43 Å².